The number of fused-ring (bicyclic) bond motifs is 1. The fourth-order valence-corrected chi connectivity index (χ4v) is 3.76. The second-order valence-corrected chi connectivity index (χ2v) is 6.74. The van der Waals surface area contributed by atoms with E-state index >= 15 is 0 Å². The minimum Gasteiger partial charge on any atom is -0.331 e. The van der Waals surface area contributed by atoms with Crippen molar-refractivity contribution in [3.8, 4) is 0 Å². The molecule has 26 heavy (non-hydrogen) atoms. The van der Waals surface area contributed by atoms with Gasteiger partial charge in [-0.15, -0.1) is 0 Å². The summed E-state index contributed by atoms with van der Waals surface area (Å²) in [4.78, 5) is 14.8. The average molecular weight is 342 g/mol. The number of carbonyl (C=O) groups is 1. The quantitative estimate of drug-likeness (QED) is 0.718. The van der Waals surface area contributed by atoms with Crippen molar-refractivity contribution in [1.82, 2.24) is 10.2 Å². The van der Waals surface area contributed by atoms with E-state index in [4.69, 9.17) is 0 Å². The first kappa shape index (κ1) is 16.4. The van der Waals surface area contributed by atoms with Gasteiger partial charge in [-0.25, -0.2) is 4.79 Å². The average Bonchev–Trinajstić information content (AvgIpc) is 2.69. The number of hydrogen-bond donors (Lipinski definition) is 1. The zero-order valence-electron chi connectivity index (χ0n) is 14.8. The summed E-state index contributed by atoms with van der Waals surface area (Å²) in [6.45, 7) is 0. The molecule has 2 atom stereocenters. The molecule has 3 aromatic carbocycles. The molecule has 1 aliphatic rings. The molecular formula is C23H22N2O. The van der Waals surface area contributed by atoms with E-state index in [0.717, 1.165) is 17.5 Å². The maximum atomic E-state index is 13.0. The summed E-state index contributed by atoms with van der Waals surface area (Å²) in [5, 5.41) is 3.21. The predicted molar refractivity (Wildman–Crippen MR) is 104 cm³/mol. The summed E-state index contributed by atoms with van der Waals surface area (Å²) in [6, 6.07) is 28.7. The third-order valence-corrected chi connectivity index (χ3v) is 5.10. The molecule has 1 N–H and O–H groups in total. The van der Waals surface area contributed by atoms with Crippen LogP contribution >= 0.6 is 0 Å². The van der Waals surface area contributed by atoms with Gasteiger partial charge in [-0.2, -0.15) is 0 Å². The molecule has 1 heterocycles. The zero-order chi connectivity index (χ0) is 17.9. The molecule has 3 aromatic rings. The molecule has 0 bridgehead atoms. The van der Waals surface area contributed by atoms with Crippen LogP contribution in [-0.4, -0.2) is 18.0 Å². The number of carbonyl (C=O) groups excluding carboxylic acids is 1. The fourth-order valence-electron chi connectivity index (χ4n) is 3.76. The fraction of sp³-hybridized carbons (Fsp3) is 0.174. The van der Waals surface area contributed by atoms with Gasteiger partial charge in [0, 0.05) is 7.05 Å². The van der Waals surface area contributed by atoms with Crippen LogP contribution in [0, 0.1) is 0 Å². The van der Waals surface area contributed by atoms with Gasteiger partial charge < -0.3 is 10.2 Å². The first-order chi connectivity index (χ1) is 12.7. The van der Waals surface area contributed by atoms with Crippen LogP contribution in [0.2, 0.25) is 0 Å². The van der Waals surface area contributed by atoms with Crippen molar-refractivity contribution in [3.05, 3.63) is 107 Å². The van der Waals surface area contributed by atoms with E-state index in [2.05, 4.69) is 53.8 Å². The van der Waals surface area contributed by atoms with Crippen molar-refractivity contribution in [3.63, 3.8) is 0 Å². The molecular weight excluding hydrogens is 320 g/mol. The molecule has 0 saturated carbocycles. The van der Waals surface area contributed by atoms with Gasteiger partial charge in [0.25, 0.3) is 0 Å². The van der Waals surface area contributed by atoms with Gasteiger partial charge in [-0.1, -0.05) is 84.9 Å². The second kappa shape index (κ2) is 7.04. The Hall–Kier alpha value is -3.07. The number of amides is 2. The number of urea groups is 1. The largest absolute Gasteiger partial charge is 0.331 e. The number of nitrogens with zero attached hydrogens (tertiary/aromatic N) is 1. The van der Waals surface area contributed by atoms with E-state index in [9.17, 15) is 4.79 Å². The van der Waals surface area contributed by atoms with Gasteiger partial charge in [-0.3, -0.25) is 0 Å². The van der Waals surface area contributed by atoms with E-state index in [1.807, 2.05) is 48.3 Å². The Morgan fingerprint density at radius 3 is 2.08 bits per heavy atom. The summed E-state index contributed by atoms with van der Waals surface area (Å²) in [5.74, 6) is 0. The van der Waals surface area contributed by atoms with Crippen molar-refractivity contribution in [2.75, 3.05) is 7.05 Å². The molecule has 4 rings (SSSR count). The van der Waals surface area contributed by atoms with Crippen molar-refractivity contribution in [1.29, 1.82) is 0 Å². The molecule has 0 aromatic heterocycles. The van der Waals surface area contributed by atoms with Crippen LogP contribution in [0.4, 0.5) is 4.79 Å². The third-order valence-electron chi connectivity index (χ3n) is 5.10. The van der Waals surface area contributed by atoms with Crippen LogP contribution in [0.25, 0.3) is 0 Å². The summed E-state index contributed by atoms with van der Waals surface area (Å²) in [7, 11) is 1.87. The highest BCUT2D eigenvalue weighted by Crippen LogP contribution is 2.34. The smallest absolute Gasteiger partial charge is 0.318 e. The van der Waals surface area contributed by atoms with Crippen LogP contribution in [0.1, 0.15) is 34.3 Å². The molecule has 2 amide bonds. The Balaban J connectivity index is 1.82. The lowest BCUT2D eigenvalue weighted by Gasteiger charge is -2.35. The normalized spacial score (nSPS) is 19.9. The van der Waals surface area contributed by atoms with Gasteiger partial charge in [-0.05, 0) is 28.7 Å². The maximum Gasteiger partial charge on any atom is 0.318 e. The Morgan fingerprint density at radius 1 is 0.808 bits per heavy atom. The molecule has 3 heteroatoms. The SMILES string of the molecule is CN1C(=O)NC(c2ccccc2)Cc2ccccc2C1c1ccccc1. The monoisotopic (exact) mass is 342 g/mol. The third kappa shape index (κ3) is 3.08. The minimum atomic E-state index is -0.0934. The molecule has 0 saturated heterocycles. The van der Waals surface area contributed by atoms with Gasteiger partial charge in [0.15, 0.2) is 0 Å². The van der Waals surface area contributed by atoms with E-state index in [1.54, 1.807) is 0 Å². The lowest BCUT2D eigenvalue weighted by atomic mass is 9.88. The molecule has 1 aliphatic heterocycles. The summed E-state index contributed by atoms with van der Waals surface area (Å²) >= 11 is 0. The van der Waals surface area contributed by atoms with Crippen LogP contribution in [0.3, 0.4) is 0 Å². The minimum absolute atomic E-state index is 0.0379. The highest BCUT2D eigenvalue weighted by molar-refractivity contribution is 5.76. The number of nitrogens with one attached hydrogen (secondary N) is 1. The lowest BCUT2D eigenvalue weighted by Crippen LogP contribution is -2.44. The first-order valence-corrected chi connectivity index (χ1v) is 8.95. The van der Waals surface area contributed by atoms with E-state index < -0.39 is 0 Å². The molecule has 0 spiro atoms. The topological polar surface area (TPSA) is 32.3 Å². The van der Waals surface area contributed by atoms with Gasteiger partial charge in [0.2, 0.25) is 0 Å². The van der Waals surface area contributed by atoms with Crippen molar-refractivity contribution in [2.45, 2.75) is 18.5 Å². The molecule has 3 nitrogen and oxygen atoms in total. The van der Waals surface area contributed by atoms with E-state index in [-0.39, 0.29) is 18.1 Å². The van der Waals surface area contributed by atoms with Crippen molar-refractivity contribution < 1.29 is 4.79 Å². The highest BCUT2D eigenvalue weighted by atomic mass is 16.2. The Labute approximate surface area is 154 Å². The second-order valence-electron chi connectivity index (χ2n) is 6.74. The maximum absolute atomic E-state index is 13.0. The molecule has 0 aliphatic carbocycles. The lowest BCUT2D eigenvalue weighted by molar-refractivity contribution is 0.191. The number of hydrogen-bond acceptors (Lipinski definition) is 1. The summed E-state index contributed by atoms with van der Waals surface area (Å²) in [5.41, 5.74) is 4.71. The van der Waals surface area contributed by atoms with Crippen molar-refractivity contribution in [2.24, 2.45) is 0 Å². The van der Waals surface area contributed by atoms with Crippen LogP contribution in [0.15, 0.2) is 84.9 Å². The van der Waals surface area contributed by atoms with Gasteiger partial charge in [0.05, 0.1) is 12.1 Å². The predicted octanol–water partition coefficient (Wildman–Crippen LogP) is 4.71. The van der Waals surface area contributed by atoms with Crippen LogP contribution < -0.4 is 5.32 Å². The van der Waals surface area contributed by atoms with Crippen LogP contribution in [0.5, 0.6) is 0 Å². The molecule has 0 fully saturated rings. The first-order valence-electron chi connectivity index (χ1n) is 8.95. The highest BCUT2D eigenvalue weighted by Gasteiger charge is 2.30. The Morgan fingerprint density at radius 2 is 1.38 bits per heavy atom. The zero-order valence-corrected chi connectivity index (χ0v) is 14.8. The molecule has 0 radical (unpaired) electrons. The Bertz CT molecular complexity index is 892. The summed E-state index contributed by atoms with van der Waals surface area (Å²) in [6.07, 6.45) is 0.781. The molecule has 130 valence electrons. The number of benzene rings is 3. The van der Waals surface area contributed by atoms with E-state index in [1.165, 1.54) is 11.1 Å². The Kier molecular flexibility index (Phi) is 4.44. The van der Waals surface area contributed by atoms with Crippen LogP contribution in [-0.2, 0) is 6.42 Å². The summed E-state index contributed by atoms with van der Waals surface area (Å²) < 4.78 is 0. The van der Waals surface area contributed by atoms with Gasteiger partial charge in [0.1, 0.15) is 0 Å². The van der Waals surface area contributed by atoms with Crippen molar-refractivity contribution >= 4 is 6.03 Å². The van der Waals surface area contributed by atoms with Gasteiger partial charge >= 0.3 is 6.03 Å². The van der Waals surface area contributed by atoms with E-state index in [0.29, 0.717) is 0 Å². The molecule has 2 unspecified atom stereocenters. The number of rotatable bonds is 2. The standard InChI is InChI=1S/C23H22N2O/c1-25-22(18-12-6-3-7-13-18)20-15-9-8-14-19(20)16-21(24-23(25)26)17-10-4-2-5-11-17/h2-15,21-22H,16H2,1H3,(H,24,26).